The Morgan fingerprint density at radius 1 is 1.10 bits per heavy atom. The number of rotatable bonds is 6. The molecule has 2 aromatic carbocycles. The Balaban J connectivity index is 1.46. The maximum atomic E-state index is 12.7. The number of imide groups is 1. The molecule has 7 nitrogen and oxygen atoms in total. The van der Waals surface area contributed by atoms with Crippen LogP contribution < -0.4 is 10.1 Å². The SMILES string of the molecule is CCC(=O)Nc1ccc(Oc2ccc3c(c2)C(=O)N(CC2CCCO2)C3=O)cc1. The molecule has 2 aliphatic heterocycles. The number of nitrogens with one attached hydrogen (secondary N) is 1. The highest BCUT2D eigenvalue weighted by Crippen LogP contribution is 2.30. The van der Waals surface area contributed by atoms with E-state index >= 15 is 0 Å². The lowest BCUT2D eigenvalue weighted by Crippen LogP contribution is -2.36. The molecule has 0 spiro atoms. The average Bonchev–Trinajstić information content (AvgIpc) is 3.32. The molecule has 0 radical (unpaired) electrons. The summed E-state index contributed by atoms with van der Waals surface area (Å²) in [7, 11) is 0. The van der Waals surface area contributed by atoms with Crippen LogP contribution in [0.15, 0.2) is 42.5 Å². The molecule has 2 aromatic rings. The summed E-state index contributed by atoms with van der Waals surface area (Å²) in [5, 5.41) is 2.77. The minimum atomic E-state index is -0.316. The van der Waals surface area contributed by atoms with Gasteiger partial charge in [-0.2, -0.15) is 0 Å². The van der Waals surface area contributed by atoms with E-state index in [1.807, 2.05) is 0 Å². The van der Waals surface area contributed by atoms with Crippen LogP contribution in [0.4, 0.5) is 5.69 Å². The fourth-order valence-electron chi connectivity index (χ4n) is 3.48. The van der Waals surface area contributed by atoms with Gasteiger partial charge in [-0.05, 0) is 55.3 Å². The molecule has 4 rings (SSSR count). The first-order chi connectivity index (χ1) is 14.0. The van der Waals surface area contributed by atoms with Crippen LogP contribution in [0.1, 0.15) is 46.9 Å². The zero-order valence-corrected chi connectivity index (χ0v) is 16.1. The molecule has 1 unspecified atom stereocenters. The van der Waals surface area contributed by atoms with Gasteiger partial charge in [-0.3, -0.25) is 19.3 Å². The van der Waals surface area contributed by atoms with E-state index < -0.39 is 0 Å². The largest absolute Gasteiger partial charge is 0.457 e. The number of nitrogens with zero attached hydrogens (tertiary/aromatic N) is 1. The zero-order chi connectivity index (χ0) is 20.4. The summed E-state index contributed by atoms with van der Waals surface area (Å²) in [4.78, 5) is 38.0. The molecule has 0 bridgehead atoms. The molecule has 7 heteroatoms. The van der Waals surface area contributed by atoms with Crippen molar-refractivity contribution in [3.05, 3.63) is 53.6 Å². The normalized spacial score (nSPS) is 18.1. The van der Waals surface area contributed by atoms with Gasteiger partial charge in [-0.15, -0.1) is 0 Å². The molecule has 2 aliphatic rings. The summed E-state index contributed by atoms with van der Waals surface area (Å²) >= 11 is 0. The second-order valence-electron chi connectivity index (χ2n) is 7.09. The maximum absolute atomic E-state index is 12.7. The number of ether oxygens (including phenoxy) is 2. The van der Waals surface area contributed by atoms with Crippen LogP contribution in [0.5, 0.6) is 11.5 Å². The van der Waals surface area contributed by atoms with Gasteiger partial charge in [-0.25, -0.2) is 0 Å². The van der Waals surface area contributed by atoms with Gasteiger partial charge in [0.25, 0.3) is 11.8 Å². The second kappa shape index (κ2) is 8.05. The number of fused-ring (bicyclic) bond motifs is 1. The Labute approximate surface area is 168 Å². The van der Waals surface area contributed by atoms with Crippen LogP contribution in [0.3, 0.4) is 0 Å². The fraction of sp³-hybridized carbons (Fsp3) is 0.318. The molecular weight excluding hydrogens is 372 g/mol. The van der Waals surface area contributed by atoms with Gasteiger partial charge in [0, 0.05) is 18.7 Å². The number of anilines is 1. The summed E-state index contributed by atoms with van der Waals surface area (Å²) in [6, 6.07) is 11.8. The van der Waals surface area contributed by atoms with Crippen molar-refractivity contribution in [1.29, 1.82) is 0 Å². The van der Waals surface area contributed by atoms with Crippen molar-refractivity contribution in [3.8, 4) is 11.5 Å². The van der Waals surface area contributed by atoms with E-state index in [0.717, 1.165) is 12.8 Å². The molecule has 150 valence electrons. The number of benzene rings is 2. The maximum Gasteiger partial charge on any atom is 0.261 e. The summed E-state index contributed by atoms with van der Waals surface area (Å²) in [5.74, 6) is 0.362. The fourth-order valence-corrected chi connectivity index (χ4v) is 3.48. The van der Waals surface area contributed by atoms with Crippen molar-refractivity contribution in [2.45, 2.75) is 32.3 Å². The minimum absolute atomic E-state index is 0.0620. The third-order valence-electron chi connectivity index (χ3n) is 5.05. The monoisotopic (exact) mass is 394 g/mol. The van der Waals surface area contributed by atoms with Crippen LogP contribution in [-0.2, 0) is 9.53 Å². The third kappa shape index (κ3) is 4.00. The van der Waals surface area contributed by atoms with Gasteiger partial charge in [0.15, 0.2) is 0 Å². The molecule has 1 atom stereocenters. The molecule has 0 aliphatic carbocycles. The average molecular weight is 394 g/mol. The van der Waals surface area contributed by atoms with Crippen molar-refractivity contribution in [2.75, 3.05) is 18.5 Å². The van der Waals surface area contributed by atoms with Crippen LogP contribution >= 0.6 is 0 Å². The van der Waals surface area contributed by atoms with E-state index in [4.69, 9.17) is 9.47 Å². The predicted molar refractivity (Wildman–Crippen MR) is 106 cm³/mol. The van der Waals surface area contributed by atoms with Crippen LogP contribution in [0.25, 0.3) is 0 Å². The Morgan fingerprint density at radius 3 is 2.52 bits per heavy atom. The zero-order valence-electron chi connectivity index (χ0n) is 16.1. The molecular formula is C22H22N2O5. The standard InChI is InChI=1S/C22H22N2O5/c1-2-20(25)23-14-5-7-15(8-6-14)29-16-9-10-18-19(12-16)22(27)24(21(18)26)13-17-4-3-11-28-17/h5-10,12,17H,2-4,11,13H2,1H3,(H,23,25). The topological polar surface area (TPSA) is 84.9 Å². The number of carbonyl (C=O) groups excluding carboxylic acids is 3. The predicted octanol–water partition coefficient (Wildman–Crippen LogP) is 3.60. The van der Waals surface area contributed by atoms with Gasteiger partial charge in [0.05, 0.1) is 23.8 Å². The molecule has 1 saturated heterocycles. The van der Waals surface area contributed by atoms with E-state index in [9.17, 15) is 14.4 Å². The van der Waals surface area contributed by atoms with Crippen LogP contribution in [-0.4, -0.2) is 41.9 Å². The summed E-state index contributed by atoms with van der Waals surface area (Å²) < 4.78 is 11.4. The highest BCUT2D eigenvalue weighted by Gasteiger charge is 2.37. The Morgan fingerprint density at radius 2 is 1.83 bits per heavy atom. The molecule has 1 fully saturated rings. The van der Waals surface area contributed by atoms with Crippen LogP contribution in [0, 0.1) is 0 Å². The number of hydrogen-bond donors (Lipinski definition) is 1. The molecule has 3 amide bonds. The van der Waals surface area contributed by atoms with E-state index in [2.05, 4.69) is 5.32 Å². The Hall–Kier alpha value is -3.19. The van der Waals surface area contributed by atoms with E-state index in [-0.39, 0.29) is 30.4 Å². The number of amides is 3. The highest BCUT2D eigenvalue weighted by molar-refractivity contribution is 6.21. The minimum Gasteiger partial charge on any atom is -0.457 e. The smallest absolute Gasteiger partial charge is 0.261 e. The Bertz CT molecular complexity index is 948. The number of hydrogen-bond acceptors (Lipinski definition) is 5. The van der Waals surface area contributed by atoms with Gasteiger partial charge in [0.1, 0.15) is 11.5 Å². The van der Waals surface area contributed by atoms with E-state index in [0.29, 0.717) is 41.3 Å². The third-order valence-corrected chi connectivity index (χ3v) is 5.05. The Kier molecular flexibility index (Phi) is 5.31. The lowest BCUT2D eigenvalue weighted by atomic mass is 10.1. The highest BCUT2D eigenvalue weighted by atomic mass is 16.5. The first-order valence-corrected chi connectivity index (χ1v) is 9.74. The molecule has 0 aromatic heterocycles. The summed E-state index contributed by atoms with van der Waals surface area (Å²) in [6.07, 6.45) is 2.13. The lowest BCUT2D eigenvalue weighted by molar-refractivity contribution is -0.115. The van der Waals surface area contributed by atoms with Crippen molar-refractivity contribution in [1.82, 2.24) is 4.90 Å². The number of carbonyl (C=O) groups is 3. The van der Waals surface area contributed by atoms with Gasteiger partial charge >= 0.3 is 0 Å². The van der Waals surface area contributed by atoms with Crippen LogP contribution in [0.2, 0.25) is 0 Å². The van der Waals surface area contributed by atoms with Crippen molar-refractivity contribution >= 4 is 23.4 Å². The van der Waals surface area contributed by atoms with Gasteiger partial charge in [-0.1, -0.05) is 6.92 Å². The first-order valence-electron chi connectivity index (χ1n) is 9.74. The quantitative estimate of drug-likeness (QED) is 0.757. The molecule has 1 N–H and O–H groups in total. The van der Waals surface area contributed by atoms with Crippen molar-refractivity contribution in [3.63, 3.8) is 0 Å². The first kappa shape index (κ1) is 19.1. The molecule has 2 heterocycles. The van der Waals surface area contributed by atoms with E-state index in [1.165, 1.54) is 4.90 Å². The molecule has 29 heavy (non-hydrogen) atoms. The lowest BCUT2D eigenvalue weighted by Gasteiger charge is -2.17. The van der Waals surface area contributed by atoms with Gasteiger partial charge < -0.3 is 14.8 Å². The van der Waals surface area contributed by atoms with Crippen molar-refractivity contribution in [2.24, 2.45) is 0 Å². The van der Waals surface area contributed by atoms with E-state index in [1.54, 1.807) is 49.4 Å². The summed E-state index contributed by atoms with van der Waals surface area (Å²) in [6.45, 7) is 2.74. The molecule has 0 saturated carbocycles. The van der Waals surface area contributed by atoms with Gasteiger partial charge in [0.2, 0.25) is 5.91 Å². The summed E-state index contributed by atoms with van der Waals surface area (Å²) in [5.41, 5.74) is 1.42. The van der Waals surface area contributed by atoms with Crippen molar-refractivity contribution < 1.29 is 23.9 Å². The second-order valence-corrected chi connectivity index (χ2v) is 7.09.